The van der Waals surface area contributed by atoms with Crippen molar-refractivity contribution in [3.63, 3.8) is 0 Å². The van der Waals surface area contributed by atoms with E-state index >= 15 is 0 Å². The van der Waals surface area contributed by atoms with Gasteiger partial charge in [-0.05, 0) is 33.8 Å². The summed E-state index contributed by atoms with van der Waals surface area (Å²) in [5, 5.41) is 0. The highest BCUT2D eigenvalue weighted by Crippen LogP contribution is 2.42. The molecule has 0 radical (unpaired) electrons. The van der Waals surface area contributed by atoms with Crippen LogP contribution in [-0.2, 0) is 16.0 Å². The Kier molecular flexibility index (Phi) is 3.67. The lowest BCUT2D eigenvalue weighted by Crippen LogP contribution is -2.32. The van der Waals surface area contributed by atoms with Crippen molar-refractivity contribution in [3.8, 4) is 11.5 Å². The van der Waals surface area contributed by atoms with E-state index in [2.05, 4.69) is 13.8 Å². The van der Waals surface area contributed by atoms with Crippen LogP contribution in [0.5, 0.6) is 11.5 Å². The summed E-state index contributed by atoms with van der Waals surface area (Å²) in [7, 11) is 1.38. The predicted octanol–water partition coefficient (Wildman–Crippen LogP) is 2.98. The molecule has 110 valence electrons. The van der Waals surface area contributed by atoms with Gasteiger partial charge >= 0.3 is 5.97 Å². The number of fused-ring (bicyclic) bond motifs is 1. The van der Waals surface area contributed by atoms with E-state index in [4.69, 9.17) is 14.2 Å². The summed E-state index contributed by atoms with van der Waals surface area (Å²) in [4.78, 5) is 11.7. The van der Waals surface area contributed by atoms with Crippen molar-refractivity contribution in [2.75, 3.05) is 13.7 Å². The van der Waals surface area contributed by atoms with Gasteiger partial charge in [0.1, 0.15) is 12.2 Å². The Labute approximate surface area is 120 Å². The monoisotopic (exact) mass is 278 g/mol. The first-order valence-corrected chi connectivity index (χ1v) is 6.77. The summed E-state index contributed by atoms with van der Waals surface area (Å²) in [5.74, 6) is 1.19. The van der Waals surface area contributed by atoms with Crippen LogP contribution in [-0.4, -0.2) is 25.3 Å². The molecule has 0 amide bonds. The number of rotatable bonds is 4. The van der Waals surface area contributed by atoms with Crippen LogP contribution in [0.1, 0.15) is 33.3 Å². The van der Waals surface area contributed by atoms with Crippen LogP contribution in [0.3, 0.4) is 0 Å². The molecule has 1 heterocycles. The van der Waals surface area contributed by atoms with E-state index in [0.29, 0.717) is 5.75 Å². The molecule has 0 atom stereocenters. The molecule has 4 nitrogen and oxygen atoms in total. The van der Waals surface area contributed by atoms with Crippen molar-refractivity contribution in [2.24, 2.45) is 5.41 Å². The van der Waals surface area contributed by atoms with E-state index < -0.39 is 5.41 Å². The second kappa shape index (κ2) is 5.00. The Morgan fingerprint density at radius 1 is 1.40 bits per heavy atom. The number of esters is 1. The zero-order valence-electron chi connectivity index (χ0n) is 12.8. The second-order valence-electron chi connectivity index (χ2n) is 6.45. The zero-order valence-corrected chi connectivity index (χ0v) is 12.8. The van der Waals surface area contributed by atoms with Gasteiger partial charge in [-0.1, -0.05) is 12.1 Å². The fourth-order valence-electron chi connectivity index (χ4n) is 2.29. The van der Waals surface area contributed by atoms with E-state index in [0.717, 1.165) is 17.7 Å². The van der Waals surface area contributed by atoms with Gasteiger partial charge in [-0.3, -0.25) is 4.79 Å². The first kappa shape index (κ1) is 14.7. The highest BCUT2D eigenvalue weighted by atomic mass is 16.5. The molecule has 0 aromatic heterocycles. The predicted molar refractivity (Wildman–Crippen MR) is 76.1 cm³/mol. The number of benzene rings is 1. The molecule has 0 unspecified atom stereocenters. The van der Waals surface area contributed by atoms with Crippen LogP contribution >= 0.6 is 0 Å². The molecule has 2 rings (SSSR count). The minimum atomic E-state index is -0.689. The highest BCUT2D eigenvalue weighted by molar-refractivity contribution is 5.75. The van der Waals surface area contributed by atoms with Crippen molar-refractivity contribution >= 4 is 5.97 Å². The number of hydrogen-bond acceptors (Lipinski definition) is 4. The summed E-state index contributed by atoms with van der Waals surface area (Å²) in [6, 6.07) is 5.86. The van der Waals surface area contributed by atoms with Crippen LogP contribution < -0.4 is 9.47 Å². The molecule has 1 aliphatic rings. The molecular formula is C16H22O4. The maximum atomic E-state index is 11.7. The number of methoxy groups -OCH3 is 1. The average molecular weight is 278 g/mol. The number of hydrogen-bond donors (Lipinski definition) is 0. The van der Waals surface area contributed by atoms with Crippen LogP contribution in [0.15, 0.2) is 18.2 Å². The lowest BCUT2D eigenvalue weighted by atomic mass is 9.95. The molecule has 1 aromatic rings. The Morgan fingerprint density at radius 3 is 2.75 bits per heavy atom. The number of ether oxygens (including phenoxy) is 3. The van der Waals surface area contributed by atoms with Gasteiger partial charge < -0.3 is 14.2 Å². The third-order valence-corrected chi connectivity index (χ3v) is 3.38. The molecule has 0 saturated carbocycles. The Hall–Kier alpha value is -1.71. The second-order valence-corrected chi connectivity index (χ2v) is 6.45. The Bertz CT molecular complexity index is 517. The van der Waals surface area contributed by atoms with E-state index in [9.17, 15) is 4.79 Å². The molecule has 0 bridgehead atoms. The lowest BCUT2D eigenvalue weighted by Gasteiger charge is -2.23. The minimum Gasteiger partial charge on any atom is -0.489 e. The lowest BCUT2D eigenvalue weighted by molar-refractivity contribution is -0.152. The molecule has 1 aromatic carbocycles. The summed E-state index contributed by atoms with van der Waals surface area (Å²) < 4.78 is 16.5. The van der Waals surface area contributed by atoms with Gasteiger partial charge in [0.15, 0.2) is 11.5 Å². The molecule has 0 aliphatic carbocycles. The van der Waals surface area contributed by atoms with Crippen molar-refractivity contribution in [1.82, 2.24) is 0 Å². The van der Waals surface area contributed by atoms with Crippen LogP contribution in [0.2, 0.25) is 0 Å². The fraction of sp³-hybridized carbons (Fsp3) is 0.562. The van der Waals surface area contributed by atoms with Gasteiger partial charge in [-0.2, -0.15) is 0 Å². The van der Waals surface area contributed by atoms with Gasteiger partial charge in [0.25, 0.3) is 0 Å². The third kappa shape index (κ3) is 2.89. The maximum Gasteiger partial charge on any atom is 0.314 e. The minimum absolute atomic E-state index is 0.209. The van der Waals surface area contributed by atoms with Crippen molar-refractivity contribution in [1.29, 1.82) is 0 Å². The van der Waals surface area contributed by atoms with Crippen molar-refractivity contribution in [3.05, 3.63) is 23.8 Å². The molecular weight excluding hydrogens is 256 g/mol. The van der Waals surface area contributed by atoms with Gasteiger partial charge in [-0.15, -0.1) is 0 Å². The van der Waals surface area contributed by atoms with Crippen LogP contribution in [0.4, 0.5) is 0 Å². The van der Waals surface area contributed by atoms with Gasteiger partial charge in [-0.25, -0.2) is 0 Å². The van der Waals surface area contributed by atoms with Gasteiger partial charge in [0.05, 0.1) is 12.5 Å². The summed E-state index contributed by atoms with van der Waals surface area (Å²) >= 11 is 0. The Balaban J connectivity index is 2.13. The maximum absolute atomic E-state index is 11.7. The largest absolute Gasteiger partial charge is 0.489 e. The standard InChI is InChI=1S/C16H22O4/c1-15(2,14(17)18-5)10-19-12-8-6-7-11-9-16(3,4)20-13(11)12/h6-8H,9-10H2,1-5H3. The van der Waals surface area contributed by atoms with Crippen molar-refractivity contribution < 1.29 is 19.0 Å². The SMILES string of the molecule is COC(=O)C(C)(C)COc1cccc2c1OC(C)(C)C2. The van der Waals surface area contributed by atoms with Crippen LogP contribution in [0.25, 0.3) is 0 Å². The van der Waals surface area contributed by atoms with Gasteiger partial charge in [0.2, 0.25) is 0 Å². The quantitative estimate of drug-likeness (QED) is 0.794. The highest BCUT2D eigenvalue weighted by Gasteiger charge is 2.34. The first-order valence-electron chi connectivity index (χ1n) is 6.77. The molecule has 0 spiro atoms. The molecule has 0 saturated heterocycles. The van der Waals surface area contributed by atoms with Gasteiger partial charge in [0, 0.05) is 12.0 Å². The third-order valence-electron chi connectivity index (χ3n) is 3.38. The molecule has 0 N–H and O–H groups in total. The zero-order chi connectivity index (χ0) is 15.0. The summed E-state index contributed by atoms with van der Waals surface area (Å²) in [6.07, 6.45) is 0.861. The summed E-state index contributed by atoms with van der Waals surface area (Å²) in [6.45, 7) is 7.95. The number of carbonyl (C=O) groups excluding carboxylic acids is 1. The molecule has 4 heteroatoms. The normalized spacial score (nSPS) is 16.2. The van der Waals surface area contributed by atoms with E-state index in [-0.39, 0.29) is 18.2 Å². The van der Waals surface area contributed by atoms with E-state index in [1.165, 1.54) is 7.11 Å². The average Bonchev–Trinajstić information content (AvgIpc) is 2.69. The van der Waals surface area contributed by atoms with Crippen LogP contribution in [0, 0.1) is 5.41 Å². The number of carbonyl (C=O) groups is 1. The number of para-hydroxylation sites is 1. The fourth-order valence-corrected chi connectivity index (χ4v) is 2.29. The van der Waals surface area contributed by atoms with E-state index in [1.807, 2.05) is 18.2 Å². The first-order chi connectivity index (χ1) is 9.25. The Morgan fingerprint density at radius 2 is 2.10 bits per heavy atom. The molecule has 0 fully saturated rings. The molecule has 20 heavy (non-hydrogen) atoms. The smallest absolute Gasteiger partial charge is 0.314 e. The van der Waals surface area contributed by atoms with Crippen molar-refractivity contribution in [2.45, 2.75) is 39.7 Å². The molecule has 1 aliphatic heterocycles. The van der Waals surface area contributed by atoms with E-state index in [1.54, 1.807) is 13.8 Å². The topological polar surface area (TPSA) is 44.8 Å². The summed E-state index contributed by atoms with van der Waals surface area (Å²) in [5.41, 5.74) is 0.244.